The van der Waals surface area contributed by atoms with Crippen molar-refractivity contribution in [2.45, 2.75) is 0 Å². The van der Waals surface area contributed by atoms with E-state index in [0.717, 1.165) is 22.6 Å². The molecular formula is C19H20N2O4S. The van der Waals surface area contributed by atoms with Gasteiger partial charge in [-0.2, -0.15) is 0 Å². The van der Waals surface area contributed by atoms with Crippen LogP contribution in [0.3, 0.4) is 0 Å². The summed E-state index contributed by atoms with van der Waals surface area (Å²) < 4.78 is 10.6. The molecule has 0 aliphatic carbocycles. The molecule has 0 unspecified atom stereocenters. The number of nitrogens with zero attached hydrogens (tertiary/aromatic N) is 1. The van der Waals surface area contributed by atoms with Crippen LogP contribution in [0.2, 0.25) is 0 Å². The quantitative estimate of drug-likeness (QED) is 0.841. The summed E-state index contributed by atoms with van der Waals surface area (Å²) in [7, 11) is 3.23. The second kappa shape index (κ2) is 8.14. The first-order valence-electron chi connectivity index (χ1n) is 8.14. The maximum Gasteiger partial charge on any atom is 0.282 e. The lowest BCUT2D eigenvalue weighted by Gasteiger charge is -2.15. The van der Waals surface area contributed by atoms with Gasteiger partial charge < -0.3 is 19.7 Å². The average molecular weight is 372 g/mol. The molecular weight excluding hydrogens is 352 g/mol. The second-order valence-electron chi connectivity index (χ2n) is 5.73. The van der Waals surface area contributed by atoms with Crippen molar-refractivity contribution < 1.29 is 19.1 Å². The van der Waals surface area contributed by atoms with Crippen molar-refractivity contribution in [2.75, 3.05) is 38.4 Å². The van der Waals surface area contributed by atoms with Crippen LogP contribution in [0.25, 0.3) is 11.1 Å². The number of ether oxygens (including phenoxy) is 2. The number of amides is 2. The maximum atomic E-state index is 12.2. The molecule has 1 heterocycles. The summed E-state index contributed by atoms with van der Waals surface area (Å²) in [6.45, 7) is 0.673. The minimum atomic E-state index is -0.216. The fraction of sp³-hybridized carbons (Fsp3) is 0.263. The summed E-state index contributed by atoms with van der Waals surface area (Å²) in [5.74, 6) is 1.99. The van der Waals surface area contributed by atoms with E-state index in [1.165, 1.54) is 11.8 Å². The summed E-state index contributed by atoms with van der Waals surface area (Å²) in [6, 6.07) is 13.1. The summed E-state index contributed by atoms with van der Waals surface area (Å²) >= 11 is 1.24. The SMILES string of the molecule is COc1ccc(-c2cc(NC(=O)CN3CCSC3=O)ccc2OC)cc1. The monoisotopic (exact) mass is 372 g/mol. The van der Waals surface area contributed by atoms with Crippen LogP contribution in [-0.2, 0) is 4.79 Å². The Balaban J connectivity index is 1.78. The largest absolute Gasteiger partial charge is 0.497 e. The lowest BCUT2D eigenvalue weighted by atomic mass is 10.0. The number of carbonyl (C=O) groups is 2. The van der Waals surface area contributed by atoms with Gasteiger partial charge in [-0.15, -0.1) is 0 Å². The summed E-state index contributed by atoms with van der Waals surface area (Å²) in [4.78, 5) is 25.4. The molecule has 0 spiro atoms. The first-order valence-corrected chi connectivity index (χ1v) is 9.13. The Morgan fingerprint density at radius 3 is 2.54 bits per heavy atom. The van der Waals surface area contributed by atoms with Crippen molar-refractivity contribution in [3.05, 3.63) is 42.5 Å². The van der Waals surface area contributed by atoms with Gasteiger partial charge in [0.15, 0.2) is 0 Å². The number of methoxy groups -OCH3 is 2. The highest BCUT2D eigenvalue weighted by Crippen LogP contribution is 2.33. The molecule has 0 radical (unpaired) electrons. The molecule has 1 aliphatic rings. The van der Waals surface area contributed by atoms with Gasteiger partial charge in [-0.25, -0.2) is 0 Å². The van der Waals surface area contributed by atoms with Crippen LogP contribution in [0.4, 0.5) is 10.5 Å². The van der Waals surface area contributed by atoms with Gasteiger partial charge in [0.05, 0.1) is 14.2 Å². The fourth-order valence-corrected chi connectivity index (χ4v) is 3.55. The van der Waals surface area contributed by atoms with Crippen molar-refractivity contribution in [3.8, 4) is 22.6 Å². The molecule has 0 bridgehead atoms. The third-order valence-corrected chi connectivity index (χ3v) is 4.96. The normalized spacial score (nSPS) is 13.6. The number of thioether (sulfide) groups is 1. The predicted octanol–water partition coefficient (Wildman–Crippen LogP) is 3.48. The third-order valence-electron chi connectivity index (χ3n) is 4.06. The Bertz CT molecular complexity index is 808. The average Bonchev–Trinajstić information content (AvgIpc) is 3.06. The summed E-state index contributed by atoms with van der Waals surface area (Å²) in [5.41, 5.74) is 2.46. The van der Waals surface area contributed by atoms with Crippen molar-refractivity contribution >= 4 is 28.6 Å². The minimum Gasteiger partial charge on any atom is -0.497 e. The maximum absolute atomic E-state index is 12.2. The van der Waals surface area contributed by atoms with Gasteiger partial charge in [-0.05, 0) is 35.9 Å². The second-order valence-corrected chi connectivity index (χ2v) is 6.77. The molecule has 0 atom stereocenters. The fourth-order valence-electron chi connectivity index (χ4n) is 2.73. The zero-order chi connectivity index (χ0) is 18.5. The lowest BCUT2D eigenvalue weighted by molar-refractivity contribution is -0.116. The van der Waals surface area contributed by atoms with Gasteiger partial charge in [0.25, 0.3) is 5.24 Å². The van der Waals surface area contributed by atoms with E-state index in [9.17, 15) is 9.59 Å². The summed E-state index contributed by atoms with van der Waals surface area (Å²) in [5, 5.41) is 2.80. The van der Waals surface area contributed by atoms with Crippen molar-refractivity contribution in [2.24, 2.45) is 0 Å². The van der Waals surface area contributed by atoms with Crippen LogP contribution < -0.4 is 14.8 Å². The van der Waals surface area contributed by atoms with Gasteiger partial charge >= 0.3 is 0 Å². The molecule has 3 rings (SSSR count). The number of hydrogen-bond donors (Lipinski definition) is 1. The van der Waals surface area contributed by atoms with E-state index < -0.39 is 0 Å². The van der Waals surface area contributed by atoms with Crippen LogP contribution in [0.1, 0.15) is 0 Å². The number of hydrogen-bond acceptors (Lipinski definition) is 5. The molecule has 2 aromatic carbocycles. The van der Waals surface area contributed by atoms with Crippen LogP contribution in [0.5, 0.6) is 11.5 Å². The topological polar surface area (TPSA) is 67.9 Å². The molecule has 136 valence electrons. The van der Waals surface area contributed by atoms with Gasteiger partial charge in [0, 0.05) is 23.5 Å². The molecule has 1 N–H and O–H groups in total. The Morgan fingerprint density at radius 1 is 1.15 bits per heavy atom. The van der Waals surface area contributed by atoms with Crippen LogP contribution in [0.15, 0.2) is 42.5 Å². The number of anilines is 1. The van der Waals surface area contributed by atoms with E-state index in [4.69, 9.17) is 9.47 Å². The van der Waals surface area contributed by atoms with E-state index in [2.05, 4.69) is 5.32 Å². The van der Waals surface area contributed by atoms with Crippen LogP contribution >= 0.6 is 11.8 Å². The van der Waals surface area contributed by atoms with Crippen LogP contribution in [-0.4, -0.2) is 49.1 Å². The summed E-state index contributed by atoms with van der Waals surface area (Å²) in [6.07, 6.45) is 0. The van der Waals surface area contributed by atoms with Gasteiger partial charge in [0.1, 0.15) is 18.0 Å². The molecule has 1 saturated heterocycles. The molecule has 2 amide bonds. The number of carbonyl (C=O) groups excluding carboxylic acids is 2. The highest BCUT2D eigenvalue weighted by Gasteiger charge is 2.23. The molecule has 6 nitrogen and oxygen atoms in total. The number of nitrogens with one attached hydrogen (secondary N) is 1. The predicted molar refractivity (Wildman–Crippen MR) is 103 cm³/mol. The molecule has 0 aromatic heterocycles. The Kier molecular flexibility index (Phi) is 5.68. The number of rotatable bonds is 6. The van der Waals surface area contributed by atoms with E-state index in [1.807, 2.05) is 36.4 Å². The Morgan fingerprint density at radius 2 is 1.92 bits per heavy atom. The molecule has 7 heteroatoms. The smallest absolute Gasteiger partial charge is 0.282 e. The Labute approximate surface area is 156 Å². The zero-order valence-electron chi connectivity index (χ0n) is 14.7. The van der Waals surface area contributed by atoms with Crippen molar-refractivity contribution in [1.82, 2.24) is 4.90 Å². The first-order chi connectivity index (χ1) is 12.6. The molecule has 2 aromatic rings. The van der Waals surface area contributed by atoms with E-state index >= 15 is 0 Å². The zero-order valence-corrected chi connectivity index (χ0v) is 15.5. The van der Waals surface area contributed by atoms with Gasteiger partial charge in [-0.3, -0.25) is 9.59 Å². The van der Waals surface area contributed by atoms with Crippen LogP contribution in [0, 0.1) is 0 Å². The molecule has 1 fully saturated rings. The minimum absolute atomic E-state index is 0.0474. The van der Waals surface area contributed by atoms with E-state index in [1.54, 1.807) is 25.2 Å². The Hall–Kier alpha value is -2.67. The van der Waals surface area contributed by atoms with Gasteiger partial charge in [-0.1, -0.05) is 23.9 Å². The lowest BCUT2D eigenvalue weighted by Crippen LogP contribution is -2.33. The molecule has 1 aliphatic heterocycles. The van der Waals surface area contributed by atoms with Gasteiger partial charge in [0.2, 0.25) is 5.91 Å². The molecule has 0 saturated carbocycles. The standard InChI is InChI=1S/C19H20N2O4S/c1-24-15-6-3-13(4-7-15)16-11-14(5-8-17(16)25-2)20-18(22)12-21-9-10-26-19(21)23/h3-8,11H,9-10,12H2,1-2H3,(H,20,22). The highest BCUT2D eigenvalue weighted by atomic mass is 32.2. The third kappa shape index (κ3) is 4.11. The van der Waals surface area contributed by atoms with E-state index in [-0.39, 0.29) is 17.7 Å². The van der Waals surface area contributed by atoms with Crippen molar-refractivity contribution in [3.63, 3.8) is 0 Å². The number of benzene rings is 2. The first kappa shape index (κ1) is 18.1. The molecule has 26 heavy (non-hydrogen) atoms. The van der Waals surface area contributed by atoms with E-state index in [0.29, 0.717) is 18.0 Å². The van der Waals surface area contributed by atoms with Crippen molar-refractivity contribution in [1.29, 1.82) is 0 Å². The highest BCUT2D eigenvalue weighted by molar-refractivity contribution is 8.13.